The fourth-order valence-electron chi connectivity index (χ4n) is 3.96. The minimum Gasteiger partial charge on any atom is -0.377 e. The van der Waals surface area contributed by atoms with Crippen LogP contribution in [0.25, 0.3) is 22.5 Å². The van der Waals surface area contributed by atoms with Gasteiger partial charge in [-0.1, -0.05) is 12.1 Å². The second kappa shape index (κ2) is 11.2. The van der Waals surface area contributed by atoms with Gasteiger partial charge in [-0.25, -0.2) is 32.0 Å². The molecule has 3 aromatic rings. The molecule has 1 aromatic heterocycles. The van der Waals surface area contributed by atoms with E-state index in [1.54, 1.807) is 30.3 Å². The van der Waals surface area contributed by atoms with E-state index in [1.165, 1.54) is 6.07 Å². The summed E-state index contributed by atoms with van der Waals surface area (Å²) in [4.78, 5) is 23.1. The lowest BCUT2D eigenvalue weighted by Crippen LogP contribution is -2.44. The Morgan fingerprint density at radius 1 is 1.14 bits per heavy atom. The minimum absolute atomic E-state index is 0.0341. The molecule has 0 spiro atoms. The molecule has 37 heavy (non-hydrogen) atoms. The molecular weight excluding hydrogens is 504 g/mol. The summed E-state index contributed by atoms with van der Waals surface area (Å²) in [7, 11) is -3.68. The van der Waals surface area contributed by atoms with E-state index in [2.05, 4.69) is 15.6 Å². The number of hydrogen-bond donors (Lipinski definition) is 2. The zero-order chi connectivity index (χ0) is 26.6. The molecule has 0 saturated carbocycles. The maximum absolute atomic E-state index is 14.3. The van der Waals surface area contributed by atoms with Gasteiger partial charge in [0.05, 0.1) is 35.5 Å². The van der Waals surface area contributed by atoms with Crippen LogP contribution in [0.3, 0.4) is 0 Å². The molecular formula is C25H27F2N5O4S. The Labute approximate surface area is 213 Å². The first-order valence-corrected chi connectivity index (χ1v) is 13.5. The van der Waals surface area contributed by atoms with E-state index >= 15 is 0 Å². The van der Waals surface area contributed by atoms with Gasteiger partial charge in [0.2, 0.25) is 5.95 Å². The Morgan fingerprint density at radius 2 is 1.86 bits per heavy atom. The molecule has 9 nitrogen and oxygen atoms in total. The summed E-state index contributed by atoms with van der Waals surface area (Å²) in [5, 5.41) is 4.99. The lowest BCUT2D eigenvalue weighted by molar-refractivity contribution is 0.0981. The first-order valence-electron chi connectivity index (χ1n) is 11.6. The van der Waals surface area contributed by atoms with E-state index < -0.39 is 28.4 Å². The number of rotatable bonds is 7. The van der Waals surface area contributed by atoms with Crippen LogP contribution < -0.4 is 15.5 Å². The first kappa shape index (κ1) is 26.4. The molecule has 2 N–H and O–H groups in total. The number of hydrogen-bond acceptors (Lipinski definition) is 7. The molecule has 2 amide bonds. The van der Waals surface area contributed by atoms with Gasteiger partial charge in [0.1, 0.15) is 12.5 Å². The summed E-state index contributed by atoms with van der Waals surface area (Å²) in [6, 6.07) is 11.3. The van der Waals surface area contributed by atoms with Gasteiger partial charge in [0.15, 0.2) is 9.84 Å². The molecule has 0 bridgehead atoms. The summed E-state index contributed by atoms with van der Waals surface area (Å²) in [5.41, 5.74) is 2.03. The van der Waals surface area contributed by atoms with Crippen LogP contribution >= 0.6 is 0 Å². The van der Waals surface area contributed by atoms with Gasteiger partial charge >= 0.3 is 6.03 Å². The van der Waals surface area contributed by atoms with Crippen molar-refractivity contribution in [3.05, 3.63) is 54.3 Å². The third-order valence-corrected chi connectivity index (χ3v) is 6.93. The summed E-state index contributed by atoms with van der Waals surface area (Å²) in [6.45, 7) is 2.69. The number of morpholine rings is 1. The number of nitrogens with one attached hydrogen (secondary N) is 2. The average molecular weight is 532 g/mol. The van der Waals surface area contributed by atoms with Gasteiger partial charge in [-0.3, -0.25) is 0 Å². The smallest absolute Gasteiger partial charge is 0.319 e. The van der Waals surface area contributed by atoms with Gasteiger partial charge in [0, 0.05) is 36.2 Å². The van der Waals surface area contributed by atoms with Gasteiger partial charge < -0.3 is 20.3 Å². The molecule has 1 aliphatic rings. The number of amides is 2. The quantitative estimate of drug-likeness (QED) is 0.447. The van der Waals surface area contributed by atoms with Crippen LogP contribution in [0.1, 0.15) is 6.92 Å². The summed E-state index contributed by atoms with van der Waals surface area (Å²) >= 11 is 0. The zero-order valence-electron chi connectivity index (χ0n) is 20.4. The lowest BCUT2D eigenvalue weighted by Gasteiger charge is -2.33. The fourth-order valence-corrected chi connectivity index (χ4v) is 4.84. The number of aromatic nitrogens is 2. The number of halogens is 2. The van der Waals surface area contributed by atoms with Crippen molar-refractivity contribution in [3.8, 4) is 22.5 Å². The predicted octanol–water partition coefficient (Wildman–Crippen LogP) is 3.67. The van der Waals surface area contributed by atoms with Gasteiger partial charge in [-0.05, 0) is 43.3 Å². The molecule has 196 valence electrons. The van der Waals surface area contributed by atoms with Crippen molar-refractivity contribution in [1.29, 1.82) is 0 Å². The highest BCUT2D eigenvalue weighted by atomic mass is 32.2. The predicted molar refractivity (Wildman–Crippen MR) is 137 cm³/mol. The van der Waals surface area contributed by atoms with E-state index in [0.717, 1.165) is 18.4 Å². The summed E-state index contributed by atoms with van der Waals surface area (Å²) in [6.07, 6.45) is 1.06. The Morgan fingerprint density at radius 3 is 2.54 bits per heavy atom. The molecule has 1 fully saturated rings. The van der Waals surface area contributed by atoms with Crippen molar-refractivity contribution in [2.75, 3.05) is 49.5 Å². The van der Waals surface area contributed by atoms with Crippen molar-refractivity contribution in [2.24, 2.45) is 0 Å². The number of carbonyl (C=O) groups excluding carboxylic acids is 1. The Kier molecular flexibility index (Phi) is 7.98. The molecule has 0 radical (unpaired) electrons. The molecule has 0 aliphatic carbocycles. The molecule has 2 aromatic carbocycles. The van der Waals surface area contributed by atoms with Crippen molar-refractivity contribution >= 4 is 27.5 Å². The van der Waals surface area contributed by atoms with E-state index in [1.807, 2.05) is 11.8 Å². The molecule has 0 unspecified atom stereocenters. The molecule has 2 heterocycles. The average Bonchev–Trinajstić information content (AvgIpc) is 2.87. The Balaban J connectivity index is 1.78. The summed E-state index contributed by atoms with van der Waals surface area (Å²) < 4.78 is 57.0. The number of benzene rings is 2. The monoisotopic (exact) mass is 531 g/mol. The molecule has 1 aliphatic heterocycles. The van der Waals surface area contributed by atoms with Crippen LogP contribution in [0.5, 0.6) is 0 Å². The van der Waals surface area contributed by atoms with Gasteiger partial charge in [-0.15, -0.1) is 0 Å². The van der Waals surface area contributed by atoms with Crippen LogP contribution in [-0.2, 0) is 14.6 Å². The topological polar surface area (TPSA) is 114 Å². The highest BCUT2D eigenvalue weighted by Crippen LogP contribution is 2.32. The standard InChI is InChI=1S/C25H27F2N5O4S/c1-16-15-36-12-11-32(16)24-30-21(17-3-6-19(7-4-17)29-25(33)28-10-9-26)14-22(31-24)20-13-18(27)5-8-23(20)37(2,34)35/h3-8,13-14,16H,9-12,15H2,1-2H3,(H2,28,29,33)/t16-/m0/s1. The number of nitrogens with zero attached hydrogens (tertiary/aromatic N) is 3. The maximum atomic E-state index is 14.3. The Bertz CT molecular complexity index is 1390. The second-order valence-electron chi connectivity index (χ2n) is 8.62. The first-order chi connectivity index (χ1) is 17.7. The number of urea groups is 1. The van der Waals surface area contributed by atoms with Crippen molar-refractivity contribution < 1.29 is 26.7 Å². The maximum Gasteiger partial charge on any atom is 0.319 e. The number of anilines is 2. The SMILES string of the molecule is C[C@H]1COCCN1c1nc(-c2ccc(NC(=O)NCCF)cc2)cc(-c2cc(F)ccc2S(C)(=O)=O)n1. The fraction of sp³-hybridized carbons (Fsp3) is 0.320. The van der Waals surface area contributed by atoms with Crippen LogP contribution in [0.2, 0.25) is 0 Å². The zero-order valence-corrected chi connectivity index (χ0v) is 21.2. The van der Waals surface area contributed by atoms with Gasteiger partial charge in [0.25, 0.3) is 0 Å². The molecule has 1 atom stereocenters. The van der Waals surface area contributed by atoms with Gasteiger partial charge in [-0.2, -0.15) is 0 Å². The number of ether oxygens (including phenoxy) is 1. The van der Waals surface area contributed by atoms with Crippen molar-refractivity contribution in [2.45, 2.75) is 17.9 Å². The van der Waals surface area contributed by atoms with Crippen LogP contribution in [0.15, 0.2) is 53.4 Å². The van der Waals surface area contributed by atoms with Crippen LogP contribution in [-0.4, -0.2) is 69.7 Å². The third kappa shape index (κ3) is 6.38. The number of carbonyl (C=O) groups is 1. The number of alkyl halides is 1. The van der Waals surface area contributed by atoms with E-state index in [4.69, 9.17) is 9.72 Å². The second-order valence-corrected chi connectivity index (χ2v) is 10.6. The third-order valence-electron chi connectivity index (χ3n) is 5.77. The minimum atomic E-state index is -3.68. The van der Waals surface area contributed by atoms with Crippen LogP contribution in [0, 0.1) is 5.82 Å². The van der Waals surface area contributed by atoms with Crippen molar-refractivity contribution in [1.82, 2.24) is 15.3 Å². The van der Waals surface area contributed by atoms with Crippen LogP contribution in [0.4, 0.5) is 25.2 Å². The number of sulfone groups is 1. The molecule has 1 saturated heterocycles. The highest BCUT2D eigenvalue weighted by molar-refractivity contribution is 7.90. The van der Waals surface area contributed by atoms with E-state index in [-0.39, 0.29) is 28.7 Å². The Hall–Kier alpha value is -3.64. The largest absolute Gasteiger partial charge is 0.377 e. The van der Waals surface area contributed by atoms with E-state index in [0.29, 0.717) is 42.7 Å². The lowest BCUT2D eigenvalue weighted by atomic mass is 10.1. The molecule has 12 heteroatoms. The molecule has 4 rings (SSSR count). The summed E-state index contributed by atoms with van der Waals surface area (Å²) in [5.74, 6) is -0.231. The highest BCUT2D eigenvalue weighted by Gasteiger charge is 2.24. The van der Waals surface area contributed by atoms with E-state index in [9.17, 15) is 22.0 Å². The normalized spacial score (nSPS) is 15.9. The van der Waals surface area contributed by atoms with Crippen molar-refractivity contribution in [3.63, 3.8) is 0 Å².